The summed E-state index contributed by atoms with van der Waals surface area (Å²) in [6.45, 7) is 7.24. The third kappa shape index (κ3) is 2.83. The van der Waals surface area contributed by atoms with Gasteiger partial charge in [0.05, 0.1) is 10.2 Å². The molecule has 3 nitrogen and oxygen atoms in total. The van der Waals surface area contributed by atoms with Gasteiger partial charge in [0.25, 0.3) is 0 Å². The molecular weight excluding hydrogens is 234 g/mol. The van der Waals surface area contributed by atoms with E-state index >= 15 is 0 Å². The second-order valence-corrected chi connectivity index (χ2v) is 4.83. The van der Waals surface area contributed by atoms with E-state index in [1.54, 1.807) is 11.3 Å². The number of fused-ring (bicyclic) bond motifs is 1. The van der Waals surface area contributed by atoms with E-state index in [4.69, 9.17) is 9.47 Å². The zero-order chi connectivity index (χ0) is 12.3. The quantitative estimate of drug-likeness (QED) is 0.760. The zero-order valence-corrected chi connectivity index (χ0v) is 11.2. The minimum Gasteiger partial charge on any atom is -0.347 e. The number of nitrogens with zero attached hydrogens (tertiary/aromatic N) is 1. The number of thiazole rings is 1. The van der Waals surface area contributed by atoms with Gasteiger partial charge >= 0.3 is 0 Å². The molecule has 2 aromatic rings. The Morgan fingerprint density at radius 1 is 1.24 bits per heavy atom. The van der Waals surface area contributed by atoms with Gasteiger partial charge in [-0.3, -0.25) is 0 Å². The minimum atomic E-state index is -0.331. The molecule has 0 unspecified atom stereocenters. The van der Waals surface area contributed by atoms with E-state index in [1.807, 2.05) is 13.8 Å². The van der Waals surface area contributed by atoms with Crippen molar-refractivity contribution in [3.8, 4) is 0 Å². The fourth-order valence-corrected chi connectivity index (χ4v) is 2.60. The minimum absolute atomic E-state index is 0.331. The largest absolute Gasteiger partial charge is 0.347 e. The fourth-order valence-electron chi connectivity index (χ4n) is 1.65. The Hall–Kier alpha value is -0.970. The fraction of sp³-hybridized carbons (Fsp3) is 0.462. The maximum atomic E-state index is 5.55. The number of ether oxygens (including phenoxy) is 2. The van der Waals surface area contributed by atoms with E-state index in [0.29, 0.717) is 13.2 Å². The molecule has 1 aromatic carbocycles. The molecule has 2 rings (SSSR count). The Morgan fingerprint density at radius 3 is 2.59 bits per heavy atom. The Morgan fingerprint density at radius 2 is 1.94 bits per heavy atom. The standard InChI is InChI=1S/C13H17NO2S/c1-4-15-13(16-5-2)12-14-10-8-9(3)6-7-11(10)17-12/h6-8,13H,4-5H2,1-3H3. The van der Waals surface area contributed by atoms with Crippen LogP contribution in [0.5, 0.6) is 0 Å². The molecule has 92 valence electrons. The highest BCUT2D eigenvalue weighted by molar-refractivity contribution is 7.18. The molecule has 1 aromatic heterocycles. The number of hydrogen-bond donors (Lipinski definition) is 0. The maximum Gasteiger partial charge on any atom is 0.210 e. The van der Waals surface area contributed by atoms with Crippen molar-refractivity contribution >= 4 is 21.6 Å². The van der Waals surface area contributed by atoms with Gasteiger partial charge < -0.3 is 9.47 Å². The molecule has 4 heteroatoms. The van der Waals surface area contributed by atoms with Gasteiger partial charge in [-0.1, -0.05) is 6.07 Å². The van der Waals surface area contributed by atoms with Crippen LogP contribution < -0.4 is 0 Å². The van der Waals surface area contributed by atoms with Crippen molar-refractivity contribution in [1.82, 2.24) is 4.98 Å². The predicted molar refractivity (Wildman–Crippen MR) is 70.4 cm³/mol. The first-order chi connectivity index (χ1) is 8.24. The molecule has 1 heterocycles. The van der Waals surface area contributed by atoms with Crippen molar-refractivity contribution in [3.05, 3.63) is 28.8 Å². The molecule has 0 fully saturated rings. The van der Waals surface area contributed by atoms with Gasteiger partial charge in [0.1, 0.15) is 0 Å². The van der Waals surface area contributed by atoms with Crippen LogP contribution in [0.1, 0.15) is 30.7 Å². The van der Waals surface area contributed by atoms with Crippen LogP contribution in [0.4, 0.5) is 0 Å². The van der Waals surface area contributed by atoms with Crippen LogP contribution in [0, 0.1) is 6.92 Å². The predicted octanol–water partition coefficient (Wildman–Crippen LogP) is 3.68. The zero-order valence-electron chi connectivity index (χ0n) is 10.4. The van der Waals surface area contributed by atoms with E-state index in [0.717, 1.165) is 10.5 Å². The van der Waals surface area contributed by atoms with Crippen molar-refractivity contribution in [2.24, 2.45) is 0 Å². The molecule has 0 amide bonds. The summed E-state index contributed by atoms with van der Waals surface area (Å²) in [7, 11) is 0. The van der Waals surface area contributed by atoms with E-state index in [9.17, 15) is 0 Å². The van der Waals surface area contributed by atoms with Gasteiger partial charge in [-0.25, -0.2) is 4.98 Å². The molecule has 17 heavy (non-hydrogen) atoms. The van der Waals surface area contributed by atoms with Crippen LogP contribution in [0.3, 0.4) is 0 Å². The van der Waals surface area contributed by atoms with Crippen LogP contribution in [-0.2, 0) is 9.47 Å². The second kappa shape index (κ2) is 5.58. The summed E-state index contributed by atoms with van der Waals surface area (Å²) in [6, 6.07) is 6.28. The average molecular weight is 251 g/mol. The first-order valence-electron chi connectivity index (χ1n) is 5.85. The van der Waals surface area contributed by atoms with Crippen LogP contribution in [0.2, 0.25) is 0 Å². The van der Waals surface area contributed by atoms with Crippen molar-refractivity contribution in [2.45, 2.75) is 27.1 Å². The van der Waals surface area contributed by atoms with Crippen molar-refractivity contribution in [1.29, 1.82) is 0 Å². The number of hydrogen-bond acceptors (Lipinski definition) is 4. The summed E-state index contributed by atoms with van der Waals surface area (Å²) >= 11 is 1.63. The average Bonchev–Trinajstić information content (AvgIpc) is 2.71. The summed E-state index contributed by atoms with van der Waals surface area (Å²) in [5.74, 6) is 0. The molecule has 0 saturated carbocycles. The van der Waals surface area contributed by atoms with Gasteiger partial charge in [0, 0.05) is 13.2 Å². The number of aromatic nitrogens is 1. The van der Waals surface area contributed by atoms with Crippen molar-refractivity contribution in [2.75, 3.05) is 13.2 Å². The summed E-state index contributed by atoms with van der Waals surface area (Å²) in [6.07, 6.45) is -0.331. The third-order valence-corrected chi connectivity index (χ3v) is 3.46. The lowest BCUT2D eigenvalue weighted by Gasteiger charge is -2.13. The highest BCUT2D eigenvalue weighted by atomic mass is 32.1. The summed E-state index contributed by atoms with van der Waals surface area (Å²) in [4.78, 5) is 4.58. The highest BCUT2D eigenvalue weighted by Gasteiger charge is 2.16. The van der Waals surface area contributed by atoms with Gasteiger partial charge in [0.15, 0.2) is 5.01 Å². The van der Waals surface area contributed by atoms with E-state index in [-0.39, 0.29) is 6.29 Å². The summed E-state index contributed by atoms with van der Waals surface area (Å²) in [5.41, 5.74) is 2.24. The first-order valence-corrected chi connectivity index (χ1v) is 6.66. The number of aryl methyl sites for hydroxylation is 1. The molecular formula is C13H17NO2S. The lowest BCUT2D eigenvalue weighted by molar-refractivity contribution is -0.140. The molecule has 0 saturated heterocycles. The van der Waals surface area contributed by atoms with Crippen LogP contribution in [0.15, 0.2) is 18.2 Å². The molecule has 0 radical (unpaired) electrons. The first kappa shape index (κ1) is 12.5. The van der Waals surface area contributed by atoms with Crippen molar-refractivity contribution < 1.29 is 9.47 Å². The van der Waals surface area contributed by atoms with Crippen molar-refractivity contribution in [3.63, 3.8) is 0 Å². The van der Waals surface area contributed by atoms with E-state index < -0.39 is 0 Å². The lowest BCUT2D eigenvalue weighted by Crippen LogP contribution is -2.08. The van der Waals surface area contributed by atoms with Crippen LogP contribution >= 0.6 is 11.3 Å². The SMILES string of the molecule is CCOC(OCC)c1nc2cc(C)ccc2s1. The normalized spacial score (nSPS) is 11.5. The number of benzene rings is 1. The van der Waals surface area contributed by atoms with Gasteiger partial charge in [-0.2, -0.15) is 0 Å². The molecule has 0 aliphatic heterocycles. The Kier molecular flexibility index (Phi) is 4.10. The van der Waals surface area contributed by atoms with E-state index in [2.05, 4.69) is 30.1 Å². The Labute approximate surface area is 105 Å². The second-order valence-electron chi connectivity index (χ2n) is 3.77. The Bertz CT molecular complexity index is 489. The highest BCUT2D eigenvalue weighted by Crippen LogP contribution is 2.29. The van der Waals surface area contributed by atoms with Gasteiger partial charge in [-0.05, 0) is 38.5 Å². The van der Waals surface area contributed by atoms with Gasteiger partial charge in [-0.15, -0.1) is 11.3 Å². The van der Waals surface area contributed by atoms with Crippen LogP contribution in [-0.4, -0.2) is 18.2 Å². The monoisotopic (exact) mass is 251 g/mol. The molecule has 0 aliphatic rings. The maximum absolute atomic E-state index is 5.55. The summed E-state index contributed by atoms with van der Waals surface area (Å²) < 4.78 is 12.3. The smallest absolute Gasteiger partial charge is 0.210 e. The Balaban J connectivity index is 2.33. The molecule has 0 atom stereocenters. The molecule has 0 N–H and O–H groups in total. The van der Waals surface area contributed by atoms with Gasteiger partial charge in [0.2, 0.25) is 6.29 Å². The third-order valence-electron chi connectivity index (χ3n) is 2.40. The number of rotatable bonds is 5. The topological polar surface area (TPSA) is 31.4 Å². The molecule has 0 bridgehead atoms. The summed E-state index contributed by atoms with van der Waals surface area (Å²) in [5, 5.41) is 0.898. The molecule has 0 aliphatic carbocycles. The van der Waals surface area contributed by atoms with E-state index in [1.165, 1.54) is 10.3 Å². The lowest BCUT2D eigenvalue weighted by atomic mass is 10.2. The van der Waals surface area contributed by atoms with Crippen LogP contribution in [0.25, 0.3) is 10.2 Å². The molecule has 0 spiro atoms.